The van der Waals surface area contributed by atoms with Crippen molar-refractivity contribution in [2.24, 2.45) is 0 Å². The molecule has 0 aliphatic heterocycles. The van der Waals surface area contributed by atoms with Gasteiger partial charge in [0.1, 0.15) is 6.17 Å². The minimum atomic E-state index is -1.66. The summed E-state index contributed by atoms with van der Waals surface area (Å²) in [6.07, 6.45) is -0.518. The molecule has 0 spiro atoms. The van der Waals surface area contributed by atoms with E-state index in [2.05, 4.69) is 10.6 Å². The molecule has 0 aliphatic carbocycles. The van der Waals surface area contributed by atoms with Crippen molar-refractivity contribution in [1.82, 2.24) is 5.32 Å². The molecule has 0 aliphatic rings. The number of alkyl halides is 3. The van der Waals surface area contributed by atoms with E-state index in [9.17, 15) is 4.79 Å². The van der Waals surface area contributed by atoms with E-state index in [-0.39, 0.29) is 5.91 Å². The van der Waals surface area contributed by atoms with Crippen LogP contribution in [0, 0.1) is 0 Å². The van der Waals surface area contributed by atoms with E-state index in [4.69, 9.17) is 46.4 Å². The average molecular weight is 330 g/mol. The Labute approximate surface area is 126 Å². The first-order chi connectivity index (χ1) is 8.32. The molecular formula is C11H12Cl4N2O. The predicted octanol–water partition coefficient (Wildman–Crippen LogP) is 3.97. The maximum atomic E-state index is 11.4. The van der Waals surface area contributed by atoms with Crippen LogP contribution in [0.4, 0.5) is 5.69 Å². The van der Waals surface area contributed by atoms with E-state index < -0.39 is 9.96 Å². The summed E-state index contributed by atoms with van der Waals surface area (Å²) in [5, 5.41) is 6.12. The zero-order valence-corrected chi connectivity index (χ0v) is 12.5. The molecule has 1 atom stereocenters. The van der Waals surface area contributed by atoms with E-state index in [1.165, 1.54) is 0 Å². The Morgan fingerprint density at radius 3 is 2.28 bits per heavy atom. The van der Waals surface area contributed by atoms with Gasteiger partial charge in [0, 0.05) is 17.1 Å². The third-order valence-corrected chi connectivity index (χ3v) is 3.02. The molecule has 0 radical (unpaired) electrons. The van der Waals surface area contributed by atoms with Gasteiger partial charge in [0.2, 0.25) is 9.70 Å². The molecule has 1 aromatic rings. The fourth-order valence-electron chi connectivity index (χ4n) is 1.18. The van der Waals surface area contributed by atoms with Gasteiger partial charge in [-0.25, -0.2) is 0 Å². The highest BCUT2D eigenvalue weighted by Crippen LogP contribution is 2.31. The second kappa shape index (κ2) is 6.71. The molecule has 0 saturated carbocycles. The lowest BCUT2D eigenvalue weighted by Gasteiger charge is -2.27. The summed E-state index contributed by atoms with van der Waals surface area (Å²) < 4.78 is -1.66. The van der Waals surface area contributed by atoms with E-state index in [1.54, 1.807) is 31.2 Å². The van der Waals surface area contributed by atoms with Crippen LogP contribution >= 0.6 is 46.4 Å². The van der Waals surface area contributed by atoms with E-state index in [0.717, 1.165) is 0 Å². The molecule has 1 amide bonds. The van der Waals surface area contributed by atoms with Gasteiger partial charge in [-0.05, 0) is 24.3 Å². The van der Waals surface area contributed by atoms with Gasteiger partial charge in [0.25, 0.3) is 0 Å². The maximum Gasteiger partial charge on any atom is 0.228 e. The maximum absolute atomic E-state index is 11.4. The van der Waals surface area contributed by atoms with Crippen molar-refractivity contribution in [3.8, 4) is 0 Å². The molecule has 0 fully saturated rings. The number of halogens is 4. The summed E-state index contributed by atoms with van der Waals surface area (Å²) >= 11 is 23.2. The lowest BCUT2D eigenvalue weighted by Crippen LogP contribution is -2.48. The average Bonchev–Trinajstić information content (AvgIpc) is 2.29. The molecule has 3 nitrogen and oxygen atoms in total. The molecular weight excluding hydrogens is 318 g/mol. The van der Waals surface area contributed by atoms with Crippen molar-refractivity contribution in [1.29, 1.82) is 0 Å². The van der Waals surface area contributed by atoms with E-state index >= 15 is 0 Å². The molecule has 7 heteroatoms. The van der Waals surface area contributed by atoms with Gasteiger partial charge in [-0.3, -0.25) is 4.79 Å². The molecule has 0 heterocycles. The monoisotopic (exact) mass is 328 g/mol. The standard InChI is InChI=1S/C11H12Cl4N2O/c1-2-9(18)17-10(11(13,14)15)16-8-5-3-7(12)4-6-8/h3-6,10,16H,2H2,1H3,(H,17,18). The Morgan fingerprint density at radius 2 is 1.83 bits per heavy atom. The number of benzene rings is 1. The summed E-state index contributed by atoms with van der Waals surface area (Å²) in [5.41, 5.74) is 0.687. The van der Waals surface area contributed by atoms with Gasteiger partial charge in [-0.15, -0.1) is 0 Å². The third kappa shape index (κ3) is 5.11. The Balaban J connectivity index is 2.78. The van der Waals surface area contributed by atoms with Gasteiger partial charge in [-0.2, -0.15) is 0 Å². The van der Waals surface area contributed by atoms with Crippen molar-refractivity contribution < 1.29 is 4.79 Å². The highest BCUT2D eigenvalue weighted by atomic mass is 35.6. The Kier molecular flexibility index (Phi) is 5.86. The van der Waals surface area contributed by atoms with Crippen molar-refractivity contribution in [2.75, 3.05) is 5.32 Å². The van der Waals surface area contributed by atoms with Crippen LogP contribution in [0.5, 0.6) is 0 Å². The summed E-state index contributed by atoms with van der Waals surface area (Å²) in [7, 11) is 0. The molecule has 100 valence electrons. The van der Waals surface area contributed by atoms with Gasteiger partial charge < -0.3 is 10.6 Å². The van der Waals surface area contributed by atoms with Crippen LogP contribution in [0.15, 0.2) is 24.3 Å². The summed E-state index contributed by atoms with van der Waals surface area (Å²) in [4.78, 5) is 11.4. The van der Waals surface area contributed by atoms with Crippen LogP contribution in [0.25, 0.3) is 0 Å². The lowest BCUT2D eigenvalue weighted by atomic mass is 10.3. The van der Waals surface area contributed by atoms with E-state index in [1.807, 2.05) is 0 Å². The number of anilines is 1. The van der Waals surface area contributed by atoms with Crippen LogP contribution < -0.4 is 10.6 Å². The van der Waals surface area contributed by atoms with Gasteiger partial charge in [0.05, 0.1) is 0 Å². The van der Waals surface area contributed by atoms with E-state index in [0.29, 0.717) is 17.1 Å². The second-order valence-corrected chi connectivity index (χ2v) is 6.35. The lowest BCUT2D eigenvalue weighted by molar-refractivity contribution is -0.121. The molecule has 1 rings (SSSR count). The topological polar surface area (TPSA) is 41.1 Å². The normalized spacial score (nSPS) is 12.9. The zero-order valence-electron chi connectivity index (χ0n) is 9.51. The SMILES string of the molecule is CCC(=O)NC(Nc1ccc(Cl)cc1)C(Cl)(Cl)Cl. The number of hydrogen-bond donors (Lipinski definition) is 2. The first kappa shape index (κ1) is 15.7. The fraction of sp³-hybridized carbons (Fsp3) is 0.364. The van der Waals surface area contributed by atoms with Gasteiger partial charge >= 0.3 is 0 Å². The Hall–Kier alpha value is -0.350. The molecule has 0 bridgehead atoms. The number of carbonyl (C=O) groups excluding carboxylic acids is 1. The number of carbonyl (C=O) groups is 1. The first-order valence-electron chi connectivity index (χ1n) is 5.21. The van der Waals surface area contributed by atoms with Crippen molar-refractivity contribution >= 4 is 58.0 Å². The summed E-state index contributed by atoms with van der Waals surface area (Å²) in [5.74, 6) is -0.215. The van der Waals surface area contributed by atoms with Crippen LogP contribution in [0.2, 0.25) is 5.02 Å². The smallest absolute Gasteiger partial charge is 0.228 e. The molecule has 1 aromatic carbocycles. The molecule has 0 saturated heterocycles. The molecule has 0 aromatic heterocycles. The summed E-state index contributed by atoms with van der Waals surface area (Å²) in [6.45, 7) is 1.72. The zero-order chi connectivity index (χ0) is 13.8. The molecule has 1 unspecified atom stereocenters. The molecule has 2 N–H and O–H groups in total. The number of amides is 1. The summed E-state index contributed by atoms with van der Waals surface area (Å²) in [6, 6.07) is 6.84. The Bertz CT molecular complexity index is 402. The van der Waals surface area contributed by atoms with Gasteiger partial charge in [0.15, 0.2) is 0 Å². The van der Waals surface area contributed by atoms with Crippen molar-refractivity contribution in [2.45, 2.75) is 23.3 Å². The van der Waals surface area contributed by atoms with Crippen molar-refractivity contribution in [3.63, 3.8) is 0 Å². The van der Waals surface area contributed by atoms with Crippen LogP contribution in [0.1, 0.15) is 13.3 Å². The minimum absolute atomic E-state index is 0.215. The highest BCUT2D eigenvalue weighted by Gasteiger charge is 2.33. The fourth-order valence-corrected chi connectivity index (χ4v) is 1.63. The third-order valence-electron chi connectivity index (χ3n) is 2.11. The number of nitrogens with one attached hydrogen (secondary N) is 2. The second-order valence-electron chi connectivity index (χ2n) is 3.55. The van der Waals surface area contributed by atoms with Gasteiger partial charge in [-0.1, -0.05) is 53.3 Å². The quantitative estimate of drug-likeness (QED) is 0.648. The first-order valence-corrected chi connectivity index (χ1v) is 6.72. The van der Waals surface area contributed by atoms with Crippen molar-refractivity contribution in [3.05, 3.63) is 29.3 Å². The number of hydrogen-bond acceptors (Lipinski definition) is 2. The molecule has 18 heavy (non-hydrogen) atoms. The number of rotatable bonds is 4. The largest absolute Gasteiger partial charge is 0.362 e. The highest BCUT2D eigenvalue weighted by molar-refractivity contribution is 6.68. The Morgan fingerprint density at radius 1 is 1.28 bits per heavy atom. The minimum Gasteiger partial charge on any atom is -0.362 e. The van der Waals surface area contributed by atoms with Crippen LogP contribution in [-0.4, -0.2) is 15.9 Å². The predicted molar refractivity (Wildman–Crippen MR) is 77.6 cm³/mol. The van der Waals surface area contributed by atoms with Crippen LogP contribution in [-0.2, 0) is 4.79 Å². The van der Waals surface area contributed by atoms with Crippen LogP contribution in [0.3, 0.4) is 0 Å².